The minimum Gasteiger partial charge on any atom is -0.382 e. The summed E-state index contributed by atoms with van der Waals surface area (Å²) in [7, 11) is 0. The number of benzene rings is 1. The first-order valence-corrected chi connectivity index (χ1v) is 6.36. The smallest absolute Gasteiger partial charge is 0.147 e. The summed E-state index contributed by atoms with van der Waals surface area (Å²) in [5.41, 5.74) is 6.41. The molecule has 100 valence electrons. The maximum Gasteiger partial charge on any atom is 0.147 e. The lowest BCUT2D eigenvalue weighted by molar-refractivity contribution is 0.623. The number of nitrogen functional groups attached to an aromatic ring is 1. The van der Waals surface area contributed by atoms with Gasteiger partial charge in [-0.1, -0.05) is 35.3 Å². The van der Waals surface area contributed by atoms with E-state index >= 15 is 0 Å². The SMILES string of the molecule is CC(Nc1nc(N)c(Cl)cc1Cl)c1cccc(F)c1. The number of nitrogens with two attached hydrogens (primary N) is 1. The molecule has 0 spiro atoms. The lowest BCUT2D eigenvalue weighted by Gasteiger charge is -2.16. The van der Waals surface area contributed by atoms with Gasteiger partial charge in [-0.15, -0.1) is 0 Å². The van der Waals surface area contributed by atoms with E-state index in [0.717, 1.165) is 5.56 Å². The maximum atomic E-state index is 13.2. The third-order valence-corrected chi connectivity index (χ3v) is 3.25. The van der Waals surface area contributed by atoms with Gasteiger partial charge in [0.2, 0.25) is 0 Å². The van der Waals surface area contributed by atoms with Crippen LogP contribution in [-0.2, 0) is 0 Å². The van der Waals surface area contributed by atoms with Crippen molar-refractivity contribution in [3.63, 3.8) is 0 Å². The fourth-order valence-electron chi connectivity index (χ4n) is 1.65. The minimum absolute atomic E-state index is 0.165. The molecule has 0 radical (unpaired) electrons. The van der Waals surface area contributed by atoms with Gasteiger partial charge in [-0.2, -0.15) is 0 Å². The molecule has 1 atom stereocenters. The molecule has 0 aliphatic rings. The second-order valence-corrected chi connectivity index (χ2v) is 4.92. The Morgan fingerprint density at radius 3 is 2.68 bits per heavy atom. The highest BCUT2D eigenvalue weighted by atomic mass is 35.5. The van der Waals surface area contributed by atoms with Gasteiger partial charge < -0.3 is 11.1 Å². The summed E-state index contributed by atoms with van der Waals surface area (Å²) in [6.45, 7) is 1.87. The summed E-state index contributed by atoms with van der Waals surface area (Å²) >= 11 is 11.8. The highest BCUT2D eigenvalue weighted by Crippen LogP contribution is 2.29. The van der Waals surface area contributed by atoms with Crippen LogP contribution in [0.4, 0.5) is 16.0 Å². The summed E-state index contributed by atoms with van der Waals surface area (Å²) in [5, 5.41) is 3.74. The third kappa shape index (κ3) is 3.28. The van der Waals surface area contributed by atoms with Crippen LogP contribution in [0.2, 0.25) is 10.0 Å². The molecule has 0 saturated carbocycles. The standard InChI is InChI=1S/C13H12Cl2FN3/c1-7(8-3-2-4-9(16)5-8)18-13-11(15)6-10(14)12(17)19-13/h2-7H,1H3,(H3,17,18,19). The zero-order chi connectivity index (χ0) is 14.0. The summed E-state index contributed by atoms with van der Waals surface area (Å²) in [6, 6.07) is 7.65. The Kier molecular flexibility index (Phi) is 4.12. The van der Waals surface area contributed by atoms with E-state index in [2.05, 4.69) is 10.3 Å². The first-order valence-electron chi connectivity index (χ1n) is 5.61. The maximum absolute atomic E-state index is 13.2. The van der Waals surface area contributed by atoms with Crippen molar-refractivity contribution >= 4 is 34.8 Å². The van der Waals surface area contributed by atoms with Gasteiger partial charge in [0.05, 0.1) is 16.1 Å². The normalized spacial score (nSPS) is 12.2. The lowest BCUT2D eigenvalue weighted by Crippen LogP contribution is -2.09. The average molecular weight is 300 g/mol. The number of aromatic nitrogens is 1. The van der Waals surface area contributed by atoms with Crippen molar-refractivity contribution in [1.29, 1.82) is 0 Å². The largest absolute Gasteiger partial charge is 0.382 e. The number of nitrogens with one attached hydrogen (secondary N) is 1. The summed E-state index contributed by atoms with van der Waals surface area (Å²) in [5.74, 6) is 0.321. The number of rotatable bonds is 3. The Morgan fingerprint density at radius 2 is 2.00 bits per heavy atom. The van der Waals surface area contributed by atoms with Gasteiger partial charge in [0, 0.05) is 0 Å². The zero-order valence-electron chi connectivity index (χ0n) is 10.1. The van der Waals surface area contributed by atoms with Crippen molar-refractivity contribution in [1.82, 2.24) is 4.98 Å². The highest BCUT2D eigenvalue weighted by molar-refractivity contribution is 6.37. The molecule has 19 heavy (non-hydrogen) atoms. The second kappa shape index (κ2) is 5.63. The molecule has 6 heteroatoms. The summed E-state index contributed by atoms with van der Waals surface area (Å²) in [6.07, 6.45) is 0. The monoisotopic (exact) mass is 299 g/mol. The average Bonchev–Trinajstić information content (AvgIpc) is 2.36. The number of halogens is 3. The predicted octanol–water partition coefficient (Wildman–Crippen LogP) is 4.28. The molecular weight excluding hydrogens is 288 g/mol. The lowest BCUT2D eigenvalue weighted by atomic mass is 10.1. The van der Waals surface area contributed by atoms with Gasteiger partial charge in [-0.25, -0.2) is 9.37 Å². The zero-order valence-corrected chi connectivity index (χ0v) is 11.6. The van der Waals surface area contributed by atoms with Gasteiger partial charge in [0.1, 0.15) is 17.5 Å². The van der Waals surface area contributed by atoms with Gasteiger partial charge in [0.15, 0.2) is 0 Å². The van der Waals surface area contributed by atoms with Gasteiger partial charge in [0.25, 0.3) is 0 Å². The van der Waals surface area contributed by atoms with E-state index in [1.165, 1.54) is 18.2 Å². The number of hydrogen-bond donors (Lipinski definition) is 2. The van der Waals surface area contributed by atoms with E-state index in [0.29, 0.717) is 15.9 Å². The molecule has 0 bridgehead atoms. The van der Waals surface area contributed by atoms with Crippen LogP contribution in [0, 0.1) is 5.82 Å². The van der Waals surface area contributed by atoms with Crippen LogP contribution >= 0.6 is 23.2 Å². The van der Waals surface area contributed by atoms with Crippen LogP contribution < -0.4 is 11.1 Å². The summed E-state index contributed by atoms with van der Waals surface area (Å²) < 4.78 is 13.2. The highest BCUT2D eigenvalue weighted by Gasteiger charge is 2.11. The molecule has 1 heterocycles. The van der Waals surface area contributed by atoms with Crippen molar-refractivity contribution in [2.24, 2.45) is 0 Å². The molecular formula is C13H12Cl2FN3. The molecule has 0 aliphatic heterocycles. The Labute approximate surface area is 120 Å². The van der Waals surface area contributed by atoms with E-state index in [4.69, 9.17) is 28.9 Å². The van der Waals surface area contributed by atoms with Crippen molar-refractivity contribution in [2.75, 3.05) is 11.1 Å². The van der Waals surface area contributed by atoms with Crippen LogP contribution in [0.3, 0.4) is 0 Å². The molecule has 3 nitrogen and oxygen atoms in total. The van der Waals surface area contributed by atoms with E-state index in [9.17, 15) is 4.39 Å². The van der Waals surface area contributed by atoms with E-state index < -0.39 is 0 Å². The number of nitrogens with zero attached hydrogens (tertiary/aromatic N) is 1. The van der Waals surface area contributed by atoms with Crippen LogP contribution in [-0.4, -0.2) is 4.98 Å². The number of anilines is 2. The van der Waals surface area contributed by atoms with Gasteiger partial charge >= 0.3 is 0 Å². The molecule has 0 fully saturated rings. The van der Waals surface area contributed by atoms with Crippen LogP contribution in [0.1, 0.15) is 18.5 Å². The number of pyridine rings is 1. The van der Waals surface area contributed by atoms with Crippen LogP contribution in [0.5, 0.6) is 0 Å². The van der Waals surface area contributed by atoms with Gasteiger partial charge in [-0.05, 0) is 30.7 Å². The Balaban J connectivity index is 2.24. The van der Waals surface area contributed by atoms with Crippen LogP contribution in [0.15, 0.2) is 30.3 Å². The van der Waals surface area contributed by atoms with Gasteiger partial charge in [-0.3, -0.25) is 0 Å². The molecule has 3 N–H and O–H groups in total. The minimum atomic E-state index is -0.291. The Morgan fingerprint density at radius 1 is 1.26 bits per heavy atom. The fraction of sp³-hybridized carbons (Fsp3) is 0.154. The molecule has 1 unspecified atom stereocenters. The third-order valence-electron chi connectivity index (χ3n) is 2.66. The van der Waals surface area contributed by atoms with Crippen molar-refractivity contribution in [2.45, 2.75) is 13.0 Å². The molecule has 0 amide bonds. The Bertz CT molecular complexity index is 604. The molecule has 2 rings (SSSR count). The van der Waals surface area contributed by atoms with E-state index in [1.54, 1.807) is 6.07 Å². The molecule has 0 aliphatic carbocycles. The first kappa shape index (κ1) is 13.9. The fourth-order valence-corrected chi connectivity index (χ4v) is 2.06. The Hall–Kier alpha value is -1.52. The van der Waals surface area contributed by atoms with Crippen molar-refractivity contribution < 1.29 is 4.39 Å². The second-order valence-electron chi connectivity index (χ2n) is 4.11. The topological polar surface area (TPSA) is 50.9 Å². The van der Waals surface area contributed by atoms with Crippen molar-refractivity contribution in [3.05, 3.63) is 51.8 Å². The summed E-state index contributed by atoms with van der Waals surface area (Å²) in [4.78, 5) is 4.07. The van der Waals surface area contributed by atoms with Crippen LogP contribution in [0.25, 0.3) is 0 Å². The number of hydrogen-bond acceptors (Lipinski definition) is 3. The van der Waals surface area contributed by atoms with E-state index in [-0.39, 0.29) is 17.7 Å². The molecule has 0 saturated heterocycles. The van der Waals surface area contributed by atoms with E-state index in [1.807, 2.05) is 13.0 Å². The first-order chi connectivity index (χ1) is 8.97. The molecule has 1 aromatic carbocycles. The van der Waals surface area contributed by atoms with Crippen molar-refractivity contribution in [3.8, 4) is 0 Å². The quantitative estimate of drug-likeness (QED) is 0.889. The predicted molar refractivity (Wildman–Crippen MR) is 77.1 cm³/mol. The molecule has 1 aromatic heterocycles. The molecule has 2 aromatic rings.